The number of ether oxygens (including phenoxy) is 3. The van der Waals surface area contributed by atoms with E-state index in [1.807, 2.05) is 13.0 Å². The summed E-state index contributed by atoms with van der Waals surface area (Å²) in [5.41, 5.74) is 1.53. The first-order valence-corrected chi connectivity index (χ1v) is 7.48. The molecule has 0 aromatic heterocycles. The van der Waals surface area contributed by atoms with Crippen LogP contribution in [0.1, 0.15) is 24.1 Å². The van der Waals surface area contributed by atoms with Gasteiger partial charge in [0.15, 0.2) is 23.1 Å². The number of hydrogen-bond donors (Lipinski definition) is 1. The molecule has 4 nitrogen and oxygen atoms in total. The van der Waals surface area contributed by atoms with Crippen LogP contribution in [0.25, 0.3) is 0 Å². The number of benzene rings is 2. The summed E-state index contributed by atoms with van der Waals surface area (Å²) in [6, 6.07) is 7.37. The van der Waals surface area contributed by atoms with Crippen molar-refractivity contribution in [1.29, 1.82) is 0 Å². The predicted octanol–water partition coefficient (Wildman–Crippen LogP) is 3.84. The maximum absolute atomic E-state index is 13.4. The average Bonchev–Trinajstić information content (AvgIpc) is 2.60. The highest BCUT2D eigenvalue weighted by Crippen LogP contribution is 2.39. The lowest BCUT2D eigenvalue weighted by molar-refractivity contribution is 0.321. The second-order valence-electron chi connectivity index (χ2n) is 5.27. The van der Waals surface area contributed by atoms with Crippen LogP contribution >= 0.6 is 0 Å². The van der Waals surface area contributed by atoms with Gasteiger partial charge >= 0.3 is 0 Å². The van der Waals surface area contributed by atoms with Crippen LogP contribution in [0.5, 0.6) is 17.2 Å². The van der Waals surface area contributed by atoms with E-state index in [1.54, 1.807) is 33.5 Å². The number of rotatable bonds is 7. The Kier molecular flexibility index (Phi) is 5.98. The maximum Gasteiger partial charge on any atom is 0.203 e. The van der Waals surface area contributed by atoms with Gasteiger partial charge in [-0.05, 0) is 30.7 Å². The highest BCUT2D eigenvalue weighted by atomic mass is 19.2. The summed E-state index contributed by atoms with van der Waals surface area (Å²) in [5, 5.41) is 3.26. The fraction of sp³-hybridized carbons (Fsp3) is 0.333. The highest BCUT2D eigenvalue weighted by Gasteiger charge is 2.16. The Morgan fingerprint density at radius 3 is 2.21 bits per heavy atom. The van der Waals surface area contributed by atoms with Crippen LogP contribution in [0.3, 0.4) is 0 Å². The van der Waals surface area contributed by atoms with Gasteiger partial charge in [-0.3, -0.25) is 0 Å². The molecular weight excluding hydrogens is 316 g/mol. The molecule has 2 aromatic carbocycles. The van der Waals surface area contributed by atoms with Crippen LogP contribution in [0.4, 0.5) is 8.78 Å². The molecular formula is C18H21F2NO3. The summed E-state index contributed by atoms with van der Waals surface area (Å²) in [4.78, 5) is 0. The van der Waals surface area contributed by atoms with Gasteiger partial charge in [-0.1, -0.05) is 12.1 Å². The molecule has 0 saturated carbocycles. The van der Waals surface area contributed by atoms with E-state index >= 15 is 0 Å². The summed E-state index contributed by atoms with van der Waals surface area (Å²) in [6.45, 7) is 2.34. The van der Waals surface area contributed by atoms with Crippen molar-refractivity contribution in [2.75, 3.05) is 21.3 Å². The lowest BCUT2D eigenvalue weighted by Gasteiger charge is -2.18. The van der Waals surface area contributed by atoms with E-state index in [2.05, 4.69) is 5.32 Å². The van der Waals surface area contributed by atoms with Gasteiger partial charge < -0.3 is 19.5 Å². The van der Waals surface area contributed by atoms with E-state index in [0.29, 0.717) is 29.4 Å². The molecule has 6 heteroatoms. The Labute approximate surface area is 140 Å². The summed E-state index contributed by atoms with van der Waals surface area (Å²) in [7, 11) is 4.65. The highest BCUT2D eigenvalue weighted by molar-refractivity contribution is 5.55. The van der Waals surface area contributed by atoms with Crippen molar-refractivity contribution in [3.63, 3.8) is 0 Å². The van der Waals surface area contributed by atoms with E-state index < -0.39 is 11.6 Å². The van der Waals surface area contributed by atoms with Gasteiger partial charge in [0.05, 0.1) is 21.3 Å². The zero-order valence-electron chi connectivity index (χ0n) is 14.2. The number of halogens is 2. The fourth-order valence-corrected chi connectivity index (χ4v) is 2.47. The first-order valence-electron chi connectivity index (χ1n) is 7.48. The van der Waals surface area contributed by atoms with Gasteiger partial charge in [0.1, 0.15) is 0 Å². The van der Waals surface area contributed by atoms with Gasteiger partial charge in [-0.15, -0.1) is 0 Å². The molecule has 0 saturated heterocycles. The quantitative estimate of drug-likeness (QED) is 0.833. The SMILES string of the molecule is COc1ccc(CN[C@@H](C)c2ccc(F)c(F)c2)c(OC)c1OC. The maximum atomic E-state index is 13.4. The molecule has 0 heterocycles. The van der Waals surface area contributed by atoms with Crippen LogP contribution in [-0.4, -0.2) is 21.3 Å². The summed E-state index contributed by atoms with van der Waals surface area (Å²) in [6.07, 6.45) is 0. The molecule has 0 aliphatic heterocycles. The van der Waals surface area contributed by atoms with Gasteiger partial charge in [0.25, 0.3) is 0 Å². The first kappa shape index (κ1) is 18.0. The zero-order valence-corrected chi connectivity index (χ0v) is 14.2. The molecule has 0 fully saturated rings. The molecule has 0 spiro atoms. The normalized spacial score (nSPS) is 11.9. The lowest BCUT2D eigenvalue weighted by Crippen LogP contribution is -2.19. The third-order valence-electron chi connectivity index (χ3n) is 3.83. The Bertz CT molecular complexity index is 707. The van der Waals surface area contributed by atoms with Crippen molar-refractivity contribution < 1.29 is 23.0 Å². The Morgan fingerprint density at radius 2 is 1.62 bits per heavy atom. The number of hydrogen-bond acceptors (Lipinski definition) is 4. The minimum atomic E-state index is -0.857. The smallest absolute Gasteiger partial charge is 0.203 e. The third-order valence-corrected chi connectivity index (χ3v) is 3.83. The molecule has 1 atom stereocenters. The lowest BCUT2D eigenvalue weighted by atomic mass is 10.1. The van der Waals surface area contributed by atoms with E-state index in [-0.39, 0.29) is 6.04 Å². The van der Waals surface area contributed by atoms with Crippen molar-refractivity contribution in [3.8, 4) is 17.2 Å². The molecule has 0 radical (unpaired) electrons. The van der Waals surface area contributed by atoms with Crippen molar-refractivity contribution in [2.24, 2.45) is 0 Å². The molecule has 0 bridgehead atoms. The number of methoxy groups -OCH3 is 3. The molecule has 0 amide bonds. The van der Waals surface area contributed by atoms with E-state index in [9.17, 15) is 8.78 Å². The Hall–Kier alpha value is -2.34. The Morgan fingerprint density at radius 1 is 0.917 bits per heavy atom. The largest absolute Gasteiger partial charge is 0.493 e. The summed E-state index contributed by atoms with van der Waals surface area (Å²) in [5.74, 6) is -0.0503. The van der Waals surface area contributed by atoms with E-state index in [0.717, 1.165) is 11.6 Å². The second kappa shape index (κ2) is 7.97. The summed E-state index contributed by atoms with van der Waals surface area (Å²) >= 11 is 0. The topological polar surface area (TPSA) is 39.7 Å². The summed E-state index contributed by atoms with van der Waals surface area (Å²) < 4.78 is 42.4. The molecule has 130 valence electrons. The van der Waals surface area contributed by atoms with Crippen LogP contribution < -0.4 is 19.5 Å². The van der Waals surface area contributed by atoms with Crippen molar-refractivity contribution in [2.45, 2.75) is 19.5 Å². The average molecular weight is 337 g/mol. The second-order valence-corrected chi connectivity index (χ2v) is 5.27. The van der Waals surface area contributed by atoms with E-state index in [4.69, 9.17) is 14.2 Å². The molecule has 24 heavy (non-hydrogen) atoms. The Balaban J connectivity index is 2.17. The fourth-order valence-electron chi connectivity index (χ4n) is 2.47. The van der Waals surface area contributed by atoms with Crippen LogP contribution in [0.15, 0.2) is 30.3 Å². The number of nitrogens with one attached hydrogen (secondary N) is 1. The van der Waals surface area contributed by atoms with Crippen molar-refractivity contribution >= 4 is 0 Å². The monoisotopic (exact) mass is 337 g/mol. The molecule has 0 aliphatic carbocycles. The zero-order chi connectivity index (χ0) is 17.7. The van der Waals surface area contributed by atoms with Crippen molar-refractivity contribution in [3.05, 3.63) is 53.1 Å². The van der Waals surface area contributed by atoms with Crippen LogP contribution in [-0.2, 0) is 6.54 Å². The van der Waals surface area contributed by atoms with Crippen LogP contribution in [0, 0.1) is 11.6 Å². The minimum Gasteiger partial charge on any atom is -0.493 e. The molecule has 0 unspecified atom stereocenters. The van der Waals surface area contributed by atoms with Gasteiger partial charge in [0, 0.05) is 18.2 Å². The minimum absolute atomic E-state index is 0.169. The van der Waals surface area contributed by atoms with Crippen LogP contribution in [0.2, 0.25) is 0 Å². The van der Waals surface area contributed by atoms with Gasteiger partial charge in [0.2, 0.25) is 5.75 Å². The predicted molar refractivity (Wildman–Crippen MR) is 87.7 cm³/mol. The van der Waals surface area contributed by atoms with Crippen molar-refractivity contribution in [1.82, 2.24) is 5.32 Å². The molecule has 2 aromatic rings. The molecule has 2 rings (SSSR count). The van der Waals surface area contributed by atoms with E-state index in [1.165, 1.54) is 6.07 Å². The molecule has 0 aliphatic rings. The van der Waals surface area contributed by atoms with Gasteiger partial charge in [-0.25, -0.2) is 8.78 Å². The first-order chi connectivity index (χ1) is 11.5. The molecule has 1 N–H and O–H groups in total. The standard InChI is InChI=1S/C18H21F2NO3/c1-11(12-5-7-14(19)15(20)9-12)21-10-13-6-8-16(22-2)18(24-4)17(13)23-3/h5-9,11,21H,10H2,1-4H3/t11-/m0/s1. The van der Waals surface area contributed by atoms with Gasteiger partial charge in [-0.2, -0.15) is 0 Å². The third kappa shape index (κ3) is 3.76.